The molecule has 0 aromatic heterocycles. The fourth-order valence-electron chi connectivity index (χ4n) is 1.60. The Kier molecular flexibility index (Phi) is 5.35. The second-order valence-corrected chi connectivity index (χ2v) is 4.47. The average Bonchev–Trinajstić information content (AvgIpc) is 2.39. The largest absolute Gasteiger partial charge is 0.504 e. The predicted molar refractivity (Wildman–Crippen MR) is 72.7 cm³/mol. The minimum Gasteiger partial charge on any atom is -0.504 e. The normalized spacial score (nSPS) is 10.1. The second kappa shape index (κ2) is 6.56. The van der Waals surface area contributed by atoms with Crippen molar-refractivity contribution in [3.63, 3.8) is 0 Å². The summed E-state index contributed by atoms with van der Waals surface area (Å²) in [4.78, 5) is 23.5. The first-order chi connectivity index (χ1) is 8.97. The van der Waals surface area contributed by atoms with Gasteiger partial charge in [-0.05, 0) is 40.9 Å². The number of esters is 1. The molecule has 0 aliphatic carbocycles. The number of Topliss-reactive ketones (excluding diaryl/α,β-unsaturated/α-hetero) is 1. The molecule has 0 spiro atoms. The van der Waals surface area contributed by atoms with Crippen molar-refractivity contribution >= 4 is 27.7 Å². The van der Waals surface area contributed by atoms with Gasteiger partial charge in [-0.2, -0.15) is 0 Å². The molecule has 0 saturated heterocycles. The molecule has 0 aliphatic rings. The molecule has 19 heavy (non-hydrogen) atoms. The number of methoxy groups -OCH3 is 1. The van der Waals surface area contributed by atoms with Crippen molar-refractivity contribution in [2.45, 2.75) is 20.3 Å². The third-order valence-corrected chi connectivity index (χ3v) is 3.47. The van der Waals surface area contributed by atoms with E-state index in [2.05, 4.69) is 20.7 Å². The highest BCUT2D eigenvalue weighted by molar-refractivity contribution is 9.10. The van der Waals surface area contributed by atoms with Crippen LogP contribution in [0, 0.1) is 0 Å². The number of carbonyl (C=O) groups is 2. The van der Waals surface area contributed by atoms with Gasteiger partial charge in [-0.1, -0.05) is 6.92 Å². The summed E-state index contributed by atoms with van der Waals surface area (Å²) in [7, 11) is 1.38. The summed E-state index contributed by atoms with van der Waals surface area (Å²) >= 11 is 3.23. The molecule has 5 nitrogen and oxygen atoms in total. The summed E-state index contributed by atoms with van der Waals surface area (Å²) in [6.07, 6.45) is 0.611. The van der Waals surface area contributed by atoms with Crippen LogP contribution < -0.4 is 4.74 Å². The van der Waals surface area contributed by atoms with Gasteiger partial charge in [0.2, 0.25) is 0 Å². The van der Waals surface area contributed by atoms with Crippen LogP contribution in [0.1, 0.15) is 29.8 Å². The van der Waals surface area contributed by atoms with E-state index in [9.17, 15) is 14.7 Å². The SMILES string of the molecule is CCOC(=O)C(=O)c1c(O)c(OC)cc(CC)c1Br. The number of phenolic OH excluding ortho intramolecular Hbond substituents is 1. The van der Waals surface area contributed by atoms with Gasteiger partial charge in [0.05, 0.1) is 19.3 Å². The van der Waals surface area contributed by atoms with E-state index in [1.54, 1.807) is 13.0 Å². The summed E-state index contributed by atoms with van der Waals surface area (Å²) < 4.78 is 10.0. The Morgan fingerprint density at radius 2 is 2.00 bits per heavy atom. The lowest BCUT2D eigenvalue weighted by Gasteiger charge is -2.13. The van der Waals surface area contributed by atoms with Gasteiger partial charge in [0.15, 0.2) is 11.5 Å². The average molecular weight is 331 g/mol. The first-order valence-electron chi connectivity index (χ1n) is 5.77. The van der Waals surface area contributed by atoms with Crippen molar-refractivity contribution in [1.82, 2.24) is 0 Å². The summed E-state index contributed by atoms with van der Waals surface area (Å²) in [5.41, 5.74) is 0.622. The third kappa shape index (κ3) is 3.07. The van der Waals surface area contributed by atoms with Crippen LogP contribution in [0.5, 0.6) is 11.5 Å². The Morgan fingerprint density at radius 3 is 2.47 bits per heavy atom. The molecule has 1 N–H and O–H groups in total. The van der Waals surface area contributed by atoms with Crippen LogP contribution in [0.4, 0.5) is 0 Å². The van der Waals surface area contributed by atoms with Gasteiger partial charge in [-0.15, -0.1) is 0 Å². The third-order valence-electron chi connectivity index (χ3n) is 2.57. The van der Waals surface area contributed by atoms with E-state index in [1.807, 2.05) is 6.92 Å². The predicted octanol–water partition coefficient (Wildman–Crippen LogP) is 2.47. The standard InChI is InChI=1S/C13H15BrO5/c1-4-7-6-8(18-3)11(15)9(10(7)14)12(16)13(17)19-5-2/h6,15H,4-5H2,1-3H3. The summed E-state index contributed by atoms with van der Waals surface area (Å²) in [6, 6.07) is 1.61. The highest BCUT2D eigenvalue weighted by atomic mass is 79.9. The molecule has 6 heteroatoms. The van der Waals surface area contributed by atoms with Gasteiger partial charge >= 0.3 is 5.97 Å². The van der Waals surface area contributed by atoms with E-state index < -0.39 is 11.8 Å². The zero-order chi connectivity index (χ0) is 14.6. The molecule has 0 unspecified atom stereocenters. The number of benzene rings is 1. The molecule has 1 aromatic carbocycles. The summed E-state index contributed by atoms with van der Waals surface area (Å²) in [6.45, 7) is 3.58. The Hall–Kier alpha value is -1.56. The van der Waals surface area contributed by atoms with E-state index in [0.29, 0.717) is 10.9 Å². The van der Waals surface area contributed by atoms with Gasteiger partial charge in [0, 0.05) is 4.47 Å². The van der Waals surface area contributed by atoms with Crippen LogP contribution >= 0.6 is 15.9 Å². The van der Waals surface area contributed by atoms with Gasteiger partial charge in [0.1, 0.15) is 0 Å². The van der Waals surface area contributed by atoms with E-state index in [-0.39, 0.29) is 23.7 Å². The molecule has 0 fully saturated rings. The van der Waals surface area contributed by atoms with E-state index in [1.165, 1.54) is 7.11 Å². The number of ether oxygens (including phenoxy) is 2. The molecule has 1 rings (SSSR count). The van der Waals surface area contributed by atoms with Crippen molar-refractivity contribution in [2.75, 3.05) is 13.7 Å². The number of aromatic hydroxyl groups is 1. The van der Waals surface area contributed by atoms with Crippen LogP contribution in [0.15, 0.2) is 10.5 Å². The summed E-state index contributed by atoms with van der Waals surface area (Å²) in [5.74, 6) is -2.13. The zero-order valence-corrected chi connectivity index (χ0v) is 12.5. The lowest BCUT2D eigenvalue weighted by Crippen LogP contribution is -2.18. The van der Waals surface area contributed by atoms with Crippen LogP contribution in [-0.2, 0) is 16.0 Å². The molecule has 0 bridgehead atoms. The fraction of sp³-hybridized carbons (Fsp3) is 0.385. The zero-order valence-electron chi connectivity index (χ0n) is 10.9. The van der Waals surface area contributed by atoms with Crippen molar-refractivity contribution in [3.8, 4) is 11.5 Å². The molecule has 0 saturated carbocycles. The highest BCUT2D eigenvalue weighted by Gasteiger charge is 2.27. The number of phenols is 1. The Balaban J connectivity index is 3.40. The molecule has 0 atom stereocenters. The number of rotatable bonds is 5. The van der Waals surface area contributed by atoms with Gasteiger partial charge in [-0.25, -0.2) is 4.79 Å². The summed E-state index contributed by atoms with van der Waals surface area (Å²) in [5, 5.41) is 9.99. The number of ketones is 1. The molecule has 1 aromatic rings. The maximum absolute atomic E-state index is 12.0. The Labute approximate surface area is 119 Å². The van der Waals surface area contributed by atoms with Crippen LogP contribution in [0.25, 0.3) is 0 Å². The maximum Gasteiger partial charge on any atom is 0.379 e. The van der Waals surface area contributed by atoms with Gasteiger partial charge in [0.25, 0.3) is 5.78 Å². The highest BCUT2D eigenvalue weighted by Crippen LogP contribution is 2.38. The quantitative estimate of drug-likeness (QED) is 0.510. The lowest BCUT2D eigenvalue weighted by molar-refractivity contribution is -0.137. The first kappa shape index (κ1) is 15.5. The van der Waals surface area contributed by atoms with Crippen molar-refractivity contribution in [1.29, 1.82) is 0 Å². The van der Waals surface area contributed by atoms with E-state index >= 15 is 0 Å². The molecular weight excluding hydrogens is 316 g/mol. The number of aryl methyl sites for hydroxylation is 1. The van der Waals surface area contributed by atoms with Crippen LogP contribution in [-0.4, -0.2) is 30.6 Å². The smallest absolute Gasteiger partial charge is 0.379 e. The Morgan fingerprint density at radius 1 is 1.37 bits per heavy atom. The van der Waals surface area contributed by atoms with Gasteiger partial charge in [-0.3, -0.25) is 4.79 Å². The molecule has 0 heterocycles. The minimum atomic E-state index is -1.01. The van der Waals surface area contributed by atoms with Crippen molar-refractivity contribution < 1.29 is 24.2 Å². The molecule has 0 amide bonds. The Bertz CT molecular complexity index is 482. The number of hydrogen-bond donors (Lipinski definition) is 1. The lowest BCUT2D eigenvalue weighted by atomic mass is 10.0. The minimum absolute atomic E-state index is 0.0908. The van der Waals surface area contributed by atoms with E-state index in [4.69, 9.17) is 4.74 Å². The molecular formula is C13H15BrO5. The van der Waals surface area contributed by atoms with Crippen LogP contribution in [0.3, 0.4) is 0 Å². The molecule has 0 aliphatic heterocycles. The topological polar surface area (TPSA) is 72.8 Å². The van der Waals surface area contributed by atoms with Crippen molar-refractivity contribution in [3.05, 3.63) is 21.7 Å². The fourth-order valence-corrected chi connectivity index (χ4v) is 2.36. The maximum atomic E-state index is 12.0. The van der Waals surface area contributed by atoms with Crippen molar-refractivity contribution in [2.24, 2.45) is 0 Å². The van der Waals surface area contributed by atoms with Crippen LogP contribution in [0.2, 0.25) is 0 Å². The van der Waals surface area contributed by atoms with E-state index in [0.717, 1.165) is 5.56 Å². The monoisotopic (exact) mass is 330 g/mol. The molecule has 0 radical (unpaired) electrons. The number of carbonyl (C=O) groups excluding carboxylic acids is 2. The first-order valence-corrected chi connectivity index (χ1v) is 6.56. The number of halogens is 1. The van der Waals surface area contributed by atoms with Gasteiger partial charge < -0.3 is 14.6 Å². The number of hydrogen-bond acceptors (Lipinski definition) is 5. The molecule has 104 valence electrons. The second-order valence-electron chi connectivity index (χ2n) is 3.68.